The van der Waals surface area contributed by atoms with Gasteiger partial charge in [0.2, 0.25) is 0 Å². The maximum atomic E-state index is 11.1. The lowest BCUT2D eigenvalue weighted by Gasteiger charge is -2.14. The van der Waals surface area contributed by atoms with Gasteiger partial charge in [0.1, 0.15) is 10.2 Å². The van der Waals surface area contributed by atoms with Crippen LogP contribution in [0.2, 0.25) is 15.2 Å². The van der Waals surface area contributed by atoms with E-state index in [1.165, 1.54) is 7.11 Å². The lowest BCUT2D eigenvalue weighted by molar-refractivity contribution is -0.141. The van der Waals surface area contributed by atoms with E-state index < -0.39 is 12.0 Å². The monoisotopic (exact) mass is 297 g/mol. The van der Waals surface area contributed by atoms with Crippen molar-refractivity contribution in [2.45, 2.75) is 12.5 Å². The molecule has 0 amide bonds. The highest BCUT2D eigenvalue weighted by Crippen LogP contribution is 2.36. The minimum Gasteiger partial charge on any atom is -0.469 e. The van der Waals surface area contributed by atoms with Gasteiger partial charge in [-0.25, -0.2) is 4.98 Å². The van der Waals surface area contributed by atoms with Crippen LogP contribution >= 0.6 is 34.8 Å². The van der Waals surface area contributed by atoms with Gasteiger partial charge in [0.25, 0.3) is 0 Å². The van der Waals surface area contributed by atoms with Gasteiger partial charge in [0.05, 0.1) is 36.0 Å². The Kier molecular flexibility index (Phi) is 4.82. The summed E-state index contributed by atoms with van der Waals surface area (Å²) in [4.78, 5) is 15.0. The largest absolute Gasteiger partial charge is 0.469 e. The molecule has 0 aliphatic heterocycles. The molecule has 0 unspecified atom stereocenters. The van der Waals surface area contributed by atoms with Crippen molar-refractivity contribution in [3.63, 3.8) is 0 Å². The smallest absolute Gasteiger partial charge is 0.307 e. The minimum absolute atomic E-state index is 0.0103. The second-order valence-corrected chi connectivity index (χ2v) is 4.33. The second-order valence-electron chi connectivity index (χ2n) is 3.22. The zero-order valence-corrected chi connectivity index (χ0v) is 11.1. The van der Waals surface area contributed by atoms with Crippen molar-refractivity contribution in [1.82, 2.24) is 4.98 Å². The summed E-state index contributed by atoms with van der Waals surface area (Å²) in [5.41, 5.74) is 11.7. The fourth-order valence-electron chi connectivity index (χ4n) is 1.15. The molecule has 0 saturated carbocycles. The van der Waals surface area contributed by atoms with E-state index in [9.17, 15) is 4.79 Å². The summed E-state index contributed by atoms with van der Waals surface area (Å²) in [6.45, 7) is 0. The summed E-state index contributed by atoms with van der Waals surface area (Å²) in [5, 5.41) is 0.144. The number of nitrogen functional groups attached to an aromatic ring is 1. The highest BCUT2D eigenvalue weighted by Gasteiger charge is 2.21. The number of hydrogen-bond donors (Lipinski definition) is 2. The Morgan fingerprint density at radius 1 is 1.41 bits per heavy atom. The maximum absolute atomic E-state index is 11.1. The molecule has 0 spiro atoms. The van der Waals surface area contributed by atoms with Crippen LogP contribution in [0.1, 0.15) is 18.2 Å². The number of anilines is 1. The van der Waals surface area contributed by atoms with E-state index in [-0.39, 0.29) is 33.0 Å². The number of nitrogens with two attached hydrogens (primary N) is 2. The SMILES string of the molecule is COC(=O)C[C@@H](N)c1nc(Cl)c(Cl)c(N)c1Cl. The molecule has 1 rings (SSSR count). The van der Waals surface area contributed by atoms with Crippen molar-refractivity contribution >= 4 is 46.5 Å². The average Bonchev–Trinajstić information content (AvgIpc) is 2.30. The van der Waals surface area contributed by atoms with Gasteiger partial charge >= 0.3 is 5.97 Å². The molecule has 4 N–H and O–H groups in total. The summed E-state index contributed by atoms with van der Waals surface area (Å²) >= 11 is 17.4. The quantitative estimate of drug-likeness (QED) is 0.659. The van der Waals surface area contributed by atoms with Crippen LogP contribution in [0.3, 0.4) is 0 Å². The number of halogens is 3. The first-order valence-corrected chi connectivity index (χ1v) is 5.64. The second kappa shape index (κ2) is 5.73. The molecule has 1 atom stereocenters. The zero-order chi connectivity index (χ0) is 13.2. The standard InChI is InChI=1S/C9H10Cl3N3O2/c1-17-4(16)2-3(13)8-5(10)7(14)6(11)9(12)15-8/h3H,2,13H2,1H3,(H2,14,15)/t3-/m1/s1. The lowest BCUT2D eigenvalue weighted by atomic mass is 10.1. The molecule has 0 saturated heterocycles. The van der Waals surface area contributed by atoms with Gasteiger partial charge in [0, 0.05) is 0 Å². The van der Waals surface area contributed by atoms with E-state index in [0.29, 0.717) is 0 Å². The molecule has 0 aliphatic carbocycles. The molecule has 17 heavy (non-hydrogen) atoms. The van der Waals surface area contributed by atoms with E-state index >= 15 is 0 Å². The van der Waals surface area contributed by atoms with Crippen LogP contribution in [-0.2, 0) is 9.53 Å². The minimum atomic E-state index is -0.757. The Morgan fingerprint density at radius 3 is 2.53 bits per heavy atom. The van der Waals surface area contributed by atoms with Crippen LogP contribution in [-0.4, -0.2) is 18.1 Å². The van der Waals surface area contributed by atoms with Gasteiger partial charge in [-0.15, -0.1) is 0 Å². The van der Waals surface area contributed by atoms with E-state index in [1.54, 1.807) is 0 Å². The van der Waals surface area contributed by atoms with Crippen molar-refractivity contribution in [2.75, 3.05) is 12.8 Å². The van der Waals surface area contributed by atoms with E-state index in [0.717, 1.165) is 0 Å². The van der Waals surface area contributed by atoms with Gasteiger partial charge in [-0.3, -0.25) is 4.79 Å². The number of carbonyl (C=O) groups is 1. The first kappa shape index (κ1) is 14.3. The third-order valence-corrected chi connectivity index (χ3v) is 3.21. The van der Waals surface area contributed by atoms with Crippen LogP contribution in [0.5, 0.6) is 0 Å². The van der Waals surface area contributed by atoms with E-state index in [1.807, 2.05) is 0 Å². The molecule has 0 aromatic carbocycles. The van der Waals surface area contributed by atoms with Gasteiger partial charge in [0.15, 0.2) is 0 Å². The summed E-state index contributed by atoms with van der Waals surface area (Å²) < 4.78 is 4.49. The predicted molar refractivity (Wildman–Crippen MR) is 67.2 cm³/mol. The molecule has 8 heteroatoms. The molecule has 5 nitrogen and oxygen atoms in total. The molecule has 0 aliphatic rings. The first-order valence-electron chi connectivity index (χ1n) is 4.50. The third-order valence-electron chi connectivity index (χ3n) is 2.06. The van der Waals surface area contributed by atoms with Gasteiger partial charge in [-0.2, -0.15) is 0 Å². The molecule has 94 valence electrons. The average molecular weight is 299 g/mol. The number of pyridine rings is 1. The van der Waals surface area contributed by atoms with Crippen LogP contribution in [0, 0.1) is 0 Å². The Balaban J connectivity index is 3.10. The first-order chi connectivity index (χ1) is 7.88. The summed E-state index contributed by atoms with van der Waals surface area (Å²) in [5.74, 6) is -0.486. The van der Waals surface area contributed by atoms with Crippen molar-refractivity contribution in [3.05, 3.63) is 20.9 Å². The lowest BCUT2D eigenvalue weighted by Crippen LogP contribution is -2.18. The van der Waals surface area contributed by atoms with Crippen LogP contribution in [0.25, 0.3) is 0 Å². The Bertz CT molecular complexity index is 454. The number of carbonyl (C=O) groups excluding carboxylic acids is 1. The topological polar surface area (TPSA) is 91.2 Å². The highest BCUT2D eigenvalue weighted by molar-refractivity contribution is 6.45. The molecule has 0 radical (unpaired) electrons. The predicted octanol–water partition coefficient (Wildman–Crippen LogP) is 2.19. The van der Waals surface area contributed by atoms with Crippen molar-refractivity contribution < 1.29 is 9.53 Å². The van der Waals surface area contributed by atoms with Crippen molar-refractivity contribution in [3.8, 4) is 0 Å². The van der Waals surface area contributed by atoms with Crippen LogP contribution < -0.4 is 11.5 Å². The van der Waals surface area contributed by atoms with E-state index in [4.69, 9.17) is 46.3 Å². The van der Waals surface area contributed by atoms with Gasteiger partial charge < -0.3 is 16.2 Å². The maximum Gasteiger partial charge on any atom is 0.307 e. The van der Waals surface area contributed by atoms with E-state index in [2.05, 4.69) is 9.72 Å². The summed E-state index contributed by atoms with van der Waals surface area (Å²) in [7, 11) is 1.26. The molecule has 0 bridgehead atoms. The Morgan fingerprint density at radius 2 is 2.00 bits per heavy atom. The number of hydrogen-bond acceptors (Lipinski definition) is 5. The molecular weight excluding hydrogens is 288 g/mol. The van der Waals surface area contributed by atoms with Crippen molar-refractivity contribution in [1.29, 1.82) is 0 Å². The van der Waals surface area contributed by atoms with Crippen LogP contribution in [0.15, 0.2) is 0 Å². The van der Waals surface area contributed by atoms with Crippen LogP contribution in [0.4, 0.5) is 5.69 Å². The Labute approximate surface area is 113 Å². The molecule has 1 heterocycles. The number of nitrogens with zero attached hydrogens (tertiary/aromatic N) is 1. The summed E-state index contributed by atoms with van der Waals surface area (Å²) in [6.07, 6.45) is -0.0827. The molecule has 1 aromatic heterocycles. The van der Waals surface area contributed by atoms with Gasteiger partial charge in [-0.1, -0.05) is 34.8 Å². The number of esters is 1. The number of rotatable bonds is 3. The van der Waals surface area contributed by atoms with Crippen molar-refractivity contribution in [2.24, 2.45) is 5.73 Å². The number of aromatic nitrogens is 1. The summed E-state index contributed by atoms with van der Waals surface area (Å²) in [6, 6.07) is -0.757. The zero-order valence-electron chi connectivity index (χ0n) is 8.84. The fraction of sp³-hybridized carbons (Fsp3) is 0.333. The molecular formula is C9H10Cl3N3O2. The number of methoxy groups -OCH3 is 1. The highest BCUT2D eigenvalue weighted by atomic mass is 35.5. The third kappa shape index (κ3) is 3.13. The fourth-order valence-corrected chi connectivity index (χ4v) is 1.81. The molecule has 0 fully saturated rings. The normalized spacial score (nSPS) is 12.3. The Hall–Kier alpha value is -0.750. The molecule has 1 aromatic rings. The van der Waals surface area contributed by atoms with Gasteiger partial charge in [-0.05, 0) is 0 Å². The number of ether oxygens (including phenoxy) is 1.